The molecule has 292 valence electrons. The first-order valence-electron chi connectivity index (χ1n) is 19.4. The van der Waals surface area contributed by atoms with Gasteiger partial charge in [0.2, 0.25) is 0 Å². The summed E-state index contributed by atoms with van der Waals surface area (Å²) in [6.45, 7) is 18.8. The molecule has 11 heteroatoms. The molecule has 3 aromatic heterocycles. The normalized spacial score (nSPS) is 21.9. The number of nitrogens with one attached hydrogen (secondary N) is 1. The van der Waals surface area contributed by atoms with Crippen LogP contribution in [0.2, 0.25) is 0 Å². The monoisotopic (exact) mass is 769 g/mol. The molecule has 1 unspecified atom stereocenters. The molecule has 1 aliphatic carbocycles. The summed E-state index contributed by atoms with van der Waals surface area (Å²) in [5, 5.41) is 18.0. The van der Waals surface area contributed by atoms with Crippen LogP contribution in [0.3, 0.4) is 0 Å². The van der Waals surface area contributed by atoms with Crippen LogP contribution in [-0.4, -0.2) is 66.1 Å². The van der Waals surface area contributed by atoms with E-state index in [-0.39, 0.29) is 59.6 Å². The number of methoxy groups -OCH3 is 1. The number of fused-ring (bicyclic) bond motifs is 8. The zero-order chi connectivity index (χ0) is 39.7. The predicted molar refractivity (Wildman–Crippen MR) is 220 cm³/mol. The second-order valence-corrected chi connectivity index (χ2v) is 15.5. The number of hydrogen-bond acceptors (Lipinski definition) is 7. The summed E-state index contributed by atoms with van der Waals surface area (Å²) in [4.78, 5) is 54.4. The molecule has 3 aliphatic rings. The van der Waals surface area contributed by atoms with Crippen LogP contribution in [0.5, 0.6) is 0 Å². The van der Waals surface area contributed by atoms with Crippen molar-refractivity contribution in [2.75, 3.05) is 13.7 Å². The van der Waals surface area contributed by atoms with Gasteiger partial charge in [0.25, 0.3) is 0 Å². The first-order valence-corrected chi connectivity index (χ1v) is 19.4. The van der Waals surface area contributed by atoms with Gasteiger partial charge >= 0.3 is 35.0 Å². The summed E-state index contributed by atoms with van der Waals surface area (Å²) in [5.41, 5.74) is 8.04. The van der Waals surface area contributed by atoms with Crippen molar-refractivity contribution >= 4 is 76.9 Å². The van der Waals surface area contributed by atoms with E-state index in [0.717, 1.165) is 65.1 Å². The molecule has 5 heterocycles. The number of carbonyl (C=O) groups excluding carboxylic acids is 3. The number of aliphatic hydroxyl groups excluding tert-OH is 1. The molecule has 6 rings (SSSR count). The minimum absolute atomic E-state index is 0. The number of esters is 2. The van der Waals surface area contributed by atoms with E-state index in [1.165, 1.54) is 12.7 Å². The van der Waals surface area contributed by atoms with E-state index in [9.17, 15) is 19.5 Å². The summed E-state index contributed by atoms with van der Waals surface area (Å²) in [5.74, 6) is -1.89. The Morgan fingerprint density at radius 3 is 2.39 bits per heavy atom. The first-order chi connectivity index (χ1) is 26.3. The molecule has 1 saturated heterocycles. The maximum absolute atomic E-state index is 13.5. The fourth-order valence-electron chi connectivity index (χ4n) is 8.53. The summed E-state index contributed by atoms with van der Waals surface area (Å²) in [6.07, 6.45) is 14.6. The van der Waals surface area contributed by atoms with Crippen LogP contribution >= 0.6 is 0 Å². The number of aliphatic hydroxyl groups is 1. The van der Waals surface area contributed by atoms with Gasteiger partial charge in [-0.15, -0.1) is 33.1 Å². The maximum Gasteiger partial charge on any atom is 2.00 e. The van der Waals surface area contributed by atoms with Crippen molar-refractivity contribution in [1.29, 1.82) is 0 Å². The Labute approximate surface area is 345 Å². The SMILES string of the molecule is C=Cc1c2[n-]c(c1C=O)/C=C1\NC(C3=c4[n-]c(c(C)c4=C(O)[C@@H]3C(=O)OC)/C=c3\[n-]/c(c(C)c3CC)=C\2)[C@@H](CCC(=O)OC/C=C(\C)CCCC(C)C)[C@@H]1C.[Mg+2]. The molecule has 10 nitrogen and oxygen atoms in total. The third-order valence-corrected chi connectivity index (χ3v) is 11.7. The number of aldehydes is 1. The fourth-order valence-corrected chi connectivity index (χ4v) is 8.53. The van der Waals surface area contributed by atoms with E-state index in [4.69, 9.17) is 24.4 Å². The number of nitrogens with zero attached hydrogens (tertiary/aromatic N) is 3. The molecule has 56 heavy (non-hydrogen) atoms. The van der Waals surface area contributed by atoms with Crippen LogP contribution in [0.4, 0.5) is 0 Å². The molecule has 0 radical (unpaired) electrons. The van der Waals surface area contributed by atoms with E-state index in [1.54, 1.807) is 6.08 Å². The van der Waals surface area contributed by atoms with Gasteiger partial charge < -0.3 is 34.8 Å². The average Bonchev–Trinajstić information content (AvgIpc) is 3.90. The van der Waals surface area contributed by atoms with Crippen LogP contribution in [0.25, 0.3) is 35.6 Å². The summed E-state index contributed by atoms with van der Waals surface area (Å²) >= 11 is 0. The minimum Gasteiger partial charge on any atom is -0.657 e. The molecule has 2 aliphatic heterocycles. The van der Waals surface area contributed by atoms with Crippen molar-refractivity contribution in [3.8, 4) is 0 Å². The van der Waals surface area contributed by atoms with Gasteiger partial charge in [-0.05, 0) is 75.5 Å². The van der Waals surface area contributed by atoms with Crippen LogP contribution in [-0.2, 0) is 25.5 Å². The number of allylic oxidation sites excluding steroid dienone is 2. The van der Waals surface area contributed by atoms with Crippen molar-refractivity contribution in [3.63, 3.8) is 0 Å². The minimum atomic E-state index is -1.09. The fraction of sp³-hybridized carbons (Fsp3) is 0.444. The van der Waals surface area contributed by atoms with E-state index in [1.807, 2.05) is 38.2 Å². The van der Waals surface area contributed by atoms with Gasteiger partial charge in [-0.2, -0.15) is 0 Å². The number of aromatic nitrogens is 3. The molecule has 8 bridgehead atoms. The molecule has 1 fully saturated rings. The van der Waals surface area contributed by atoms with E-state index in [0.29, 0.717) is 56.7 Å². The Morgan fingerprint density at radius 1 is 1.02 bits per heavy atom. The van der Waals surface area contributed by atoms with E-state index in [2.05, 4.69) is 46.5 Å². The molecular formula is C45H53MgN4O6-. The summed E-state index contributed by atoms with van der Waals surface area (Å²) in [7, 11) is 1.30. The molecule has 0 amide bonds. The van der Waals surface area contributed by atoms with Crippen molar-refractivity contribution in [2.24, 2.45) is 23.7 Å². The van der Waals surface area contributed by atoms with Gasteiger partial charge in [0.05, 0.1) is 13.2 Å². The summed E-state index contributed by atoms with van der Waals surface area (Å²) in [6, 6.07) is -0.531. The first kappa shape index (κ1) is 42.7. The van der Waals surface area contributed by atoms with Gasteiger partial charge in [0.15, 0.2) is 0 Å². The average molecular weight is 770 g/mol. The standard InChI is InChI=1S/C45H54N4O6.Mg/c1-10-28-25(6)32-19-36-29(11-2)31(22-50)37(47-36)20-33-26(7)30(15-16-38(51)55-18-17-24(5)14-12-13-23(3)4)42(48-33)40-41(45(53)54-9)44(52)39-27(8)34(49-43(39)40)21-35(28)46-32;/h11,17,19-23,26,30,41-42H,2,10,12-16,18H2,1,3-9H3,(H3,47,48,50,52);/q-2;+2/p-1/b24-17+,32-19-,35-21-;/t26-,30-,41+,42?;/m0./s1. The Balaban J connectivity index is 0.00000600. The van der Waals surface area contributed by atoms with Crippen molar-refractivity contribution < 1.29 is 29.0 Å². The largest absolute Gasteiger partial charge is 2.00 e. The van der Waals surface area contributed by atoms with E-state index < -0.39 is 17.9 Å². The topological polar surface area (TPSA) is 144 Å². The van der Waals surface area contributed by atoms with Crippen LogP contribution in [0.1, 0.15) is 116 Å². The molecule has 3 aromatic rings. The maximum atomic E-state index is 13.5. The number of ether oxygens (including phenoxy) is 2. The van der Waals surface area contributed by atoms with Crippen LogP contribution in [0, 0.1) is 37.5 Å². The molecule has 0 saturated carbocycles. The third kappa shape index (κ3) is 8.02. The van der Waals surface area contributed by atoms with Crippen LogP contribution < -0.4 is 41.5 Å². The Bertz CT molecular complexity index is 2350. The number of carbonyl (C=O) groups is 3. The van der Waals surface area contributed by atoms with Gasteiger partial charge in [-0.1, -0.05) is 87.3 Å². The van der Waals surface area contributed by atoms with Gasteiger partial charge in [-0.3, -0.25) is 14.4 Å². The van der Waals surface area contributed by atoms with Gasteiger partial charge in [0.1, 0.15) is 24.6 Å². The van der Waals surface area contributed by atoms with E-state index >= 15 is 0 Å². The third-order valence-electron chi connectivity index (χ3n) is 11.7. The predicted octanol–water partition coefficient (Wildman–Crippen LogP) is 3.76. The van der Waals surface area contributed by atoms with Crippen molar-refractivity contribution in [2.45, 2.75) is 93.0 Å². The second kappa shape index (κ2) is 17.8. The zero-order valence-corrected chi connectivity index (χ0v) is 35.5. The number of hydrogen-bond donors (Lipinski definition) is 2. The quantitative estimate of drug-likeness (QED) is 0.114. The van der Waals surface area contributed by atoms with Gasteiger partial charge in [0, 0.05) is 28.8 Å². The molecule has 4 atom stereocenters. The Kier molecular flexibility index (Phi) is 13.5. The molecule has 0 spiro atoms. The molecule has 2 N–H and O–H groups in total. The molecule has 0 aromatic carbocycles. The van der Waals surface area contributed by atoms with Crippen LogP contribution in [0.15, 0.2) is 23.9 Å². The Hall–Kier alpha value is -4.48. The number of rotatable bonds is 13. The second-order valence-electron chi connectivity index (χ2n) is 15.5. The zero-order valence-electron chi connectivity index (χ0n) is 34.0. The summed E-state index contributed by atoms with van der Waals surface area (Å²) < 4.78 is 10.9. The molecular weight excluding hydrogens is 717 g/mol. The van der Waals surface area contributed by atoms with Crippen molar-refractivity contribution in [3.05, 3.63) is 90.1 Å². The van der Waals surface area contributed by atoms with Crippen molar-refractivity contribution in [1.82, 2.24) is 20.3 Å². The van der Waals surface area contributed by atoms with Gasteiger partial charge in [-0.25, -0.2) is 0 Å². The smallest absolute Gasteiger partial charge is 0.657 e. The Morgan fingerprint density at radius 2 is 1.73 bits per heavy atom.